The maximum atomic E-state index is 12.5. The number of allylic oxidation sites excluding steroid dienone is 4. The highest BCUT2D eigenvalue weighted by Gasteiger charge is 2.28. The molecule has 1 aromatic carbocycles. The van der Waals surface area contributed by atoms with Crippen molar-refractivity contribution >= 4 is 28.0 Å². The standard InChI is InChI=1S/C33H42BrNO6/c1-22-12-10-16-29(37)41-28(24(3)18-17-23(2)21-25(20-22)40-32(35)39)15-8-6-7-9-19-33(4,5)31(38)26-13-11-14-27(36)30(26)34/h8-11,13-19,22-25,28,31,36,38H,12,20-21H2,1-5H3,(H2,35,39)/b15-8+,16-10-,18-17+,19-9+/t22-,23+,24+,25-,28-,31?/m0/s1. The first-order valence-corrected chi connectivity index (χ1v) is 14.6. The molecule has 0 bridgehead atoms. The molecule has 1 aliphatic heterocycles. The Morgan fingerprint density at radius 2 is 1.90 bits per heavy atom. The molecule has 0 aromatic heterocycles. The minimum atomic E-state index is -0.870. The molecule has 6 atom stereocenters. The van der Waals surface area contributed by atoms with Gasteiger partial charge in [-0.1, -0.05) is 82.9 Å². The second-order valence-corrected chi connectivity index (χ2v) is 12.1. The van der Waals surface area contributed by atoms with E-state index in [0.717, 1.165) is 0 Å². The highest BCUT2D eigenvalue weighted by molar-refractivity contribution is 9.10. The molecule has 222 valence electrons. The molecular weight excluding hydrogens is 586 g/mol. The Labute approximate surface area is 252 Å². The normalized spacial score (nSPS) is 26.8. The first-order valence-electron chi connectivity index (χ1n) is 13.8. The summed E-state index contributed by atoms with van der Waals surface area (Å²) >= 11 is 3.34. The summed E-state index contributed by atoms with van der Waals surface area (Å²) in [5, 5.41) is 20.8. The SMILES string of the molecule is C[C@H]1C/C=C\C(=O)O[C@@H](/C=C/C#C/C=C/C(C)(C)C(O)c2cccc(O)c2Br)[C@H](C)/C=C/[C@@H](C)C[C@@H](OC(N)=O)C1. The van der Waals surface area contributed by atoms with Crippen molar-refractivity contribution in [2.75, 3.05) is 0 Å². The minimum Gasteiger partial charge on any atom is -0.507 e. The molecule has 1 aromatic rings. The summed E-state index contributed by atoms with van der Waals surface area (Å²) in [6.07, 6.45) is 13.6. The number of carbonyl (C=O) groups is 2. The average Bonchev–Trinajstić information content (AvgIpc) is 2.88. The monoisotopic (exact) mass is 627 g/mol. The number of amides is 1. The third kappa shape index (κ3) is 11.6. The molecule has 1 unspecified atom stereocenters. The summed E-state index contributed by atoms with van der Waals surface area (Å²) in [6, 6.07) is 4.99. The molecule has 0 saturated heterocycles. The van der Waals surface area contributed by atoms with Crippen molar-refractivity contribution in [2.45, 2.75) is 72.2 Å². The summed E-state index contributed by atoms with van der Waals surface area (Å²) in [5.41, 5.74) is 5.21. The summed E-state index contributed by atoms with van der Waals surface area (Å²) < 4.78 is 11.5. The summed E-state index contributed by atoms with van der Waals surface area (Å²) in [6.45, 7) is 9.79. The molecule has 0 radical (unpaired) electrons. The number of benzene rings is 1. The van der Waals surface area contributed by atoms with Crippen molar-refractivity contribution in [3.63, 3.8) is 0 Å². The van der Waals surface area contributed by atoms with Gasteiger partial charge in [-0.05, 0) is 76.9 Å². The van der Waals surface area contributed by atoms with Crippen LogP contribution >= 0.6 is 15.9 Å². The predicted octanol–water partition coefficient (Wildman–Crippen LogP) is 6.91. The van der Waals surface area contributed by atoms with Gasteiger partial charge in [0.15, 0.2) is 0 Å². The van der Waals surface area contributed by atoms with E-state index in [4.69, 9.17) is 15.2 Å². The third-order valence-electron chi connectivity index (χ3n) is 6.95. The molecule has 41 heavy (non-hydrogen) atoms. The van der Waals surface area contributed by atoms with Crippen LogP contribution in [0.3, 0.4) is 0 Å². The number of phenolic OH excluding ortho intramolecular Hbond substituents is 1. The maximum absolute atomic E-state index is 12.5. The molecule has 0 fully saturated rings. The lowest BCUT2D eigenvalue weighted by molar-refractivity contribution is -0.142. The number of aromatic hydroxyl groups is 1. The van der Waals surface area contributed by atoms with Gasteiger partial charge in [-0.2, -0.15) is 0 Å². The van der Waals surface area contributed by atoms with E-state index >= 15 is 0 Å². The highest BCUT2D eigenvalue weighted by atomic mass is 79.9. The largest absolute Gasteiger partial charge is 0.507 e. The van der Waals surface area contributed by atoms with E-state index in [0.29, 0.717) is 29.3 Å². The predicted molar refractivity (Wildman–Crippen MR) is 165 cm³/mol. The lowest BCUT2D eigenvalue weighted by atomic mass is 9.82. The first kappa shape index (κ1) is 33.9. The van der Waals surface area contributed by atoms with Crippen molar-refractivity contribution in [3.05, 3.63) is 76.8 Å². The van der Waals surface area contributed by atoms with Crippen molar-refractivity contribution < 1.29 is 29.3 Å². The van der Waals surface area contributed by atoms with Crippen LogP contribution in [0.5, 0.6) is 5.75 Å². The Hall–Kier alpha value is -3.28. The van der Waals surface area contributed by atoms with Gasteiger partial charge in [-0.25, -0.2) is 9.59 Å². The molecule has 1 amide bonds. The van der Waals surface area contributed by atoms with Crippen molar-refractivity contribution in [3.8, 4) is 17.6 Å². The van der Waals surface area contributed by atoms with Crippen molar-refractivity contribution in [1.82, 2.24) is 0 Å². The zero-order valence-corrected chi connectivity index (χ0v) is 26.0. The van der Waals surface area contributed by atoms with Gasteiger partial charge in [0.25, 0.3) is 0 Å². The molecular formula is C33H42BrNO6. The number of esters is 1. The molecule has 0 saturated carbocycles. The number of halogens is 1. The van der Waals surface area contributed by atoms with Gasteiger partial charge in [0.2, 0.25) is 0 Å². The molecule has 4 N–H and O–H groups in total. The van der Waals surface area contributed by atoms with E-state index in [1.165, 1.54) is 6.08 Å². The number of rotatable bonds is 5. The number of hydrogen-bond acceptors (Lipinski definition) is 6. The molecule has 2 rings (SSSR count). The molecule has 1 heterocycles. The Bertz CT molecular complexity index is 1220. The lowest BCUT2D eigenvalue weighted by Gasteiger charge is -2.28. The molecule has 1 aliphatic rings. The van der Waals surface area contributed by atoms with Crippen LogP contribution in [0.15, 0.2) is 71.3 Å². The quantitative estimate of drug-likeness (QED) is 0.185. The van der Waals surface area contributed by atoms with Crippen LogP contribution in [-0.4, -0.2) is 34.5 Å². The highest BCUT2D eigenvalue weighted by Crippen LogP contribution is 2.40. The van der Waals surface area contributed by atoms with Crippen LogP contribution in [0.2, 0.25) is 0 Å². The second kappa shape index (κ2) is 16.2. The number of phenols is 1. The van der Waals surface area contributed by atoms with E-state index in [1.807, 2.05) is 52.8 Å². The summed E-state index contributed by atoms with van der Waals surface area (Å²) in [4.78, 5) is 23.9. The first-order chi connectivity index (χ1) is 19.3. The Kier molecular flexibility index (Phi) is 13.4. The summed E-state index contributed by atoms with van der Waals surface area (Å²) in [7, 11) is 0. The van der Waals surface area contributed by atoms with Gasteiger partial charge >= 0.3 is 12.1 Å². The van der Waals surface area contributed by atoms with Gasteiger partial charge < -0.3 is 25.4 Å². The topological polar surface area (TPSA) is 119 Å². The Morgan fingerprint density at radius 3 is 2.61 bits per heavy atom. The van der Waals surface area contributed by atoms with Crippen LogP contribution in [0, 0.1) is 35.0 Å². The number of primary amides is 1. The molecule has 0 aliphatic carbocycles. The fourth-order valence-corrected chi connectivity index (χ4v) is 4.98. The van der Waals surface area contributed by atoms with E-state index in [2.05, 4.69) is 27.8 Å². The molecule has 7 nitrogen and oxygen atoms in total. The van der Waals surface area contributed by atoms with Gasteiger partial charge in [0.05, 0.1) is 10.6 Å². The third-order valence-corrected chi connectivity index (χ3v) is 7.81. The number of aliphatic hydroxyl groups is 1. The fourth-order valence-electron chi connectivity index (χ4n) is 4.50. The maximum Gasteiger partial charge on any atom is 0.404 e. The van der Waals surface area contributed by atoms with Crippen molar-refractivity contribution in [1.29, 1.82) is 0 Å². The number of cyclic esters (lactones) is 1. The van der Waals surface area contributed by atoms with Crippen LogP contribution in [0.25, 0.3) is 0 Å². The van der Waals surface area contributed by atoms with E-state index in [-0.39, 0.29) is 29.6 Å². The Balaban J connectivity index is 2.15. The molecule has 0 spiro atoms. The lowest BCUT2D eigenvalue weighted by Crippen LogP contribution is -2.26. The van der Waals surface area contributed by atoms with Gasteiger partial charge in [0, 0.05) is 17.4 Å². The average molecular weight is 629 g/mol. The van der Waals surface area contributed by atoms with Crippen molar-refractivity contribution in [2.24, 2.45) is 28.9 Å². The number of aliphatic hydroxyl groups excluding tert-OH is 1. The van der Waals surface area contributed by atoms with Crippen LogP contribution in [0.4, 0.5) is 4.79 Å². The second-order valence-electron chi connectivity index (χ2n) is 11.3. The van der Waals surface area contributed by atoms with Crippen LogP contribution in [-0.2, 0) is 14.3 Å². The molecule has 8 heteroatoms. The number of ether oxygens (including phenoxy) is 2. The number of hydrogen-bond donors (Lipinski definition) is 3. The summed E-state index contributed by atoms with van der Waals surface area (Å²) in [5.74, 6) is 5.69. The Morgan fingerprint density at radius 1 is 1.20 bits per heavy atom. The van der Waals surface area contributed by atoms with Gasteiger partial charge in [-0.15, -0.1) is 0 Å². The van der Waals surface area contributed by atoms with Gasteiger partial charge in [-0.3, -0.25) is 0 Å². The smallest absolute Gasteiger partial charge is 0.404 e. The van der Waals surface area contributed by atoms with E-state index in [1.54, 1.807) is 42.5 Å². The zero-order valence-electron chi connectivity index (χ0n) is 24.4. The van der Waals surface area contributed by atoms with Crippen LogP contribution in [0.1, 0.15) is 65.5 Å². The minimum absolute atomic E-state index is 0.0645. The fraction of sp³-hybridized carbons (Fsp3) is 0.455. The van der Waals surface area contributed by atoms with Crippen LogP contribution < -0.4 is 5.73 Å². The van der Waals surface area contributed by atoms with E-state index in [9.17, 15) is 19.8 Å². The number of carbonyl (C=O) groups excluding carboxylic acids is 2. The van der Waals surface area contributed by atoms with E-state index < -0.39 is 29.7 Å². The number of nitrogens with two attached hydrogens (primary N) is 1. The zero-order chi connectivity index (χ0) is 30.6. The van der Waals surface area contributed by atoms with Gasteiger partial charge in [0.1, 0.15) is 18.0 Å².